The van der Waals surface area contributed by atoms with Crippen LogP contribution < -0.4 is 5.32 Å². The molecule has 11 heteroatoms. The second kappa shape index (κ2) is 7.72. The number of aliphatic hydroxyl groups is 2. The van der Waals surface area contributed by atoms with Gasteiger partial charge in [-0.05, 0) is 17.7 Å². The van der Waals surface area contributed by atoms with Gasteiger partial charge in [0.2, 0.25) is 0 Å². The van der Waals surface area contributed by atoms with Crippen LogP contribution in [0, 0.1) is 10.1 Å². The third-order valence-electron chi connectivity index (χ3n) is 3.72. The molecule has 0 fully saturated rings. The highest BCUT2D eigenvalue weighted by Crippen LogP contribution is 2.21. The molecule has 11 nitrogen and oxygen atoms in total. The monoisotopic (exact) mass is 364 g/mol. The van der Waals surface area contributed by atoms with Gasteiger partial charge in [-0.25, -0.2) is 4.79 Å². The van der Waals surface area contributed by atoms with Crippen LogP contribution >= 0.6 is 0 Å². The van der Waals surface area contributed by atoms with Gasteiger partial charge in [0.15, 0.2) is 0 Å². The Morgan fingerprint density at radius 3 is 2.46 bits per heavy atom. The van der Waals surface area contributed by atoms with E-state index in [4.69, 9.17) is 5.11 Å². The minimum atomic E-state index is -1.37. The number of benzene rings is 1. The summed E-state index contributed by atoms with van der Waals surface area (Å²) in [7, 11) is 1.38. The number of nitrogens with zero attached hydrogens (tertiary/aromatic N) is 3. The molecule has 0 saturated carbocycles. The number of aliphatic hydroxyl groups excluding tert-OH is 2. The van der Waals surface area contributed by atoms with Gasteiger partial charge in [0.25, 0.3) is 11.6 Å². The Bertz CT molecular complexity index is 831. The quantitative estimate of drug-likeness (QED) is 0.388. The van der Waals surface area contributed by atoms with Crippen molar-refractivity contribution in [1.29, 1.82) is 0 Å². The summed E-state index contributed by atoms with van der Waals surface area (Å²) in [6, 6.07) is 3.78. The Balaban J connectivity index is 2.20. The second-order valence-corrected chi connectivity index (χ2v) is 5.39. The van der Waals surface area contributed by atoms with E-state index in [-0.39, 0.29) is 22.5 Å². The van der Waals surface area contributed by atoms with Gasteiger partial charge in [0.1, 0.15) is 17.4 Å². The van der Waals surface area contributed by atoms with Crippen LogP contribution in [0.3, 0.4) is 0 Å². The molecule has 1 heterocycles. The highest BCUT2D eigenvalue weighted by molar-refractivity contribution is 6.03. The largest absolute Gasteiger partial charge is 0.478 e. The smallest absolute Gasteiger partial charge is 0.339 e. The van der Waals surface area contributed by atoms with Gasteiger partial charge in [-0.1, -0.05) is 0 Å². The zero-order valence-corrected chi connectivity index (χ0v) is 13.6. The summed E-state index contributed by atoms with van der Waals surface area (Å²) >= 11 is 0. The van der Waals surface area contributed by atoms with Crippen LogP contribution in [0.5, 0.6) is 0 Å². The molecule has 0 aliphatic carbocycles. The number of aromatic carboxylic acids is 1. The maximum absolute atomic E-state index is 12.4. The third-order valence-corrected chi connectivity index (χ3v) is 3.72. The SMILES string of the molecule is Cn1ncc(C(=O)O)c1C(=O)N[C@@H](CO)[C@H](O)c1ccc([N+](=O)[O-])cc1. The molecule has 2 rings (SSSR count). The number of carbonyl (C=O) groups excluding carboxylic acids is 1. The van der Waals surface area contributed by atoms with Crippen LogP contribution in [-0.2, 0) is 7.05 Å². The van der Waals surface area contributed by atoms with Crippen molar-refractivity contribution in [2.24, 2.45) is 7.05 Å². The maximum Gasteiger partial charge on any atom is 0.339 e. The molecule has 0 bridgehead atoms. The first kappa shape index (κ1) is 19.0. The van der Waals surface area contributed by atoms with E-state index >= 15 is 0 Å². The minimum Gasteiger partial charge on any atom is -0.478 e. The number of rotatable bonds is 7. The number of carboxylic acid groups (broad SMARTS) is 1. The molecule has 0 aliphatic rings. The number of hydrogen-bond acceptors (Lipinski definition) is 7. The number of nitro benzene ring substituents is 1. The molecule has 1 amide bonds. The van der Waals surface area contributed by atoms with Gasteiger partial charge in [-0.15, -0.1) is 0 Å². The lowest BCUT2D eigenvalue weighted by atomic mass is 10.0. The Hall–Kier alpha value is -3.31. The first-order valence-electron chi connectivity index (χ1n) is 7.35. The van der Waals surface area contributed by atoms with E-state index in [1.54, 1.807) is 0 Å². The summed E-state index contributed by atoms with van der Waals surface area (Å²) in [6.07, 6.45) is -0.357. The highest BCUT2D eigenvalue weighted by atomic mass is 16.6. The van der Waals surface area contributed by atoms with Crippen LogP contribution in [0.2, 0.25) is 0 Å². The molecule has 0 spiro atoms. The number of hydrogen-bond donors (Lipinski definition) is 4. The molecular formula is C15H16N4O7. The number of nitro groups is 1. The zero-order valence-electron chi connectivity index (χ0n) is 13.6. The first-order valence-corrected chi connectivity index (χ1v) is 7.35. The molecule has 2 atom stereocenters. The van der Waals surface area contributed by atoms with Crippen LogP contribution in [-0.4, -0.2) is 54.5 Å². The summed E-state index contributed by atoms with van der Waals surface area (Å²) in [5.41, 5.74) is -0.511. The van der Waals surface area contributed by atoms with Gasteiger partial charge in [0, 0.05) is 19.2 Å². The van der Waals surface area contributed by atoms with Crippen molar-refractivity contribution in [3.8, 4) is 0 Å². The average Bonchev–Trinajstić information content (AvgIpc) is 3.01. The summed E-state index contributed by atoms with van der Waals surface area (Å²) < 4.78 is 1.06. The van der Waals surface area contributed by atoms with Crippen molar-refractivity contribution in [3.05, 3.63) is 57.4 Å². The number of non-ortho nitro benzene ring substituents is 1. The number of aryl methyl sites for hydroxylation is 1. The van der Waals surface area contributed by atoms with Crippen molar-refractivity contribution in [2.45, 2.75) is 12.1 Å². The van der Waals surface area contributed by atoms with E-state index < -0.39 is 35.6 Å². The van der Waals surface area contributed by atoms with E-state index in [2.05, 4.69) is 10.4 Å². The van der Waals surface area contributed by atoms with E-state index in [0.29, 0.717) is 0 Å². The third kappa shape index (κ3) is 3.84. The average molecular weight is 364 g/mol. The fourth-order valence-corrected chi connectivity index (χ4v) is 2.35. The lowest BCUT2D eigenvalue weighted by Crippen LogP contribution is -2.43. The topological polar surface area (TPSA) is 168 Å². The normalized spacial score (nSPS) is 13.0. The lowest BCUT2D eigenvalue weighted by molar-refractivity contribution is -0.384. The predicted molar refractivity (Wildman–Crippen MR) is 86.6 cm³/mol. The molecule has 4 N–H and O–H groups in total. The van der Waals surface area contributed by atoms with Gasteiger partial charge in [-0.3, -0.25) is 19.6 Å². The standard InChI is InChI=1S/C15H16N4O7/c1-18-12(10(6-16-18)15(23)24)14(22)17-11(7-20)13(21)8-2-4-9(5-3-8)19(25)26/h2-6,11,13,20-21H,7H2,1H3,(H,17,22)(H,23,24)/t11-,13+/m0/s1. The molecule has 0 aliphatic heterocycles. The predicted octanol–water partition coefficient (Wildman–Crippen LogP) is -0.149. The summed E-state index contributed by atoms with van der Waals surface area (Å²) in [6.45, 7) is -0.649. The number of carbonyl (C=O) groups is 2. The molecule has 0 radical (unpaired) electrons. The molecular weight excluding hydrogens is 348 g/mol. The number of amides is 1. The number of carboxylic acids is 1. The Morgan fingerprint density at radius 2 is 1.96 bits per heavy atom. The highest BCUT2D eigenvalue weighted by Gasteiger charge is 2.27. The lowest BCUT2D eigenvalue weighted by Gasteiger charge is -2.22. The maximum atomic E-state index is 12.4. The van der Waals surface area contributed by atoms with E-state index in [1.165, 1.54) is 31.3 Å². The van der Waals surface area contributed by atoms with E-state index in [1.807, 2.05) is 0 Å². The van der Waals surface area contributed by atoms with Crippen LogP contribution in [0.1, 0.15) is 32.5 Å². The van der Waals surface area contributed by atoms with Crippen molar-refractivity contribution in [3.63, 3.8) is 0 Å². The molecule has 0 unspecified atom stereocenters. The summed E-state index contributed by atoms with van der Waals surface area (Å²) in [4.78, 5) is 33.6. The Labute approximate surface area is 146 Å². The van der Waals surface area contributed by atoms with Gasteiger partial charge in [-0.2, -0.15) is 5.10 Å². The minimum absolute atomic E-state index is 0.175. The Kier molecular flexibility index (Phi) is 5.64. The molecule has 26 heavy (non-hydrogen) atoms. The number of nitrogens with one attached hydrogen (secondary N) is 1. The van der Waals surface area contributed by atoms with Crippen molar-refractivity contribution < 1.29 is 29.8 Å². The second-order valence-electron chi connectivity index (χ2n) is 5.39. The van der Waals surface area contributed by atoms with E-state index in [0.717, 1.165) is 10.9 Å². The van der Waals surface area contributed by atoms with Crippen LogP contribution in [0.4, 0.5) is 5.69 Å². The fraction of sp³-hybridized carbons (Fsp3) is 0.267. The van der Waals surface area contributed by atoms with E-state index in [9.17, 15) is 29.9 Å². The summed E-state index contributed by atoms with van der Waals surface area (Å²) in [5, 5.41) is 45.6. The first-order chi connectivity index (χ1) is 12.3. The number of aromatic nitrogens is 2. The summed E-state index contributed by atoms with van der Waals surface area (Å²) in [5.74, 6) is -2.19. The molecule has 2 aromatic rings. The van der Waals surface area contributed by atoms with Crippen molar-refractivity contribution >= 4 is 17.6 Å². The van der Waals surface area contributed by atoms with Crippen LogP contribution in [0.25, 0.3) is 0 Å². The van der Waals surface area contributed by atoms with Crippen molar-refractivity contribution in [1.82, 2.24) is 15.1 Å². The van der Waals surface area contributed by atoms with Gasteiger partial charge < -0.3 is 20.6 Å². The fourth-order valence-electron chi connectivity index (χ4n) is 2.35. The zero-order chi connectivity index (χ0) is 19.4. The van der Waals surface area contributed by atoms with Crippen LogP contribution in [0.15, 0.2) is 30.5 Å². The Morgan fingerprint density at radius 1 is 1.35 bits per heavy atom. The molecule has 138 valence electrons. The molecule has 1 aromatic heterocycles. The van der Waals surface area contributed by atoms with Gasteiger partial charge in [0.05, 0.1) is 23.8 Å². The van der Waals surface area contributed by atoms with Crippen molar-refractivity contribution in [2.75, 3.05) is 6.61 Å². The van der Waals surface area contributed by atoms with Gasteiger partial charge >= 0.3 is 5.97 Å². The molecule has 1 aromatic carbocycles. The molecule has 0 saturated heterocycles.